The fourth-order valence-corrected chi connectivity index (χ4v) is 4.14. The van der Waals surface area contributed by atoms with Crippen molar-refractivity contribution in [2.24, 2.45) is 0 Å². The zero-order valence-corrected chi connectivity index (χ0v) is 22.0. The van der Waals surface area contributed by atoms with E-state index in [1.54, 1.807) is 0 Å². The molecule has 0 aliphatic rings. The summed E-state index contributed by atoms with van der Waals surface area (Å²) in [7, 11) is 11.0. The first-order valence-corrected chi connectivity index (χ1v) is 16.9. The van der Waals surface area contributed by atoms with Crippen molar-refractivity contribution in [3.8, 4) is 0 Å². The molecule has 146 valence electrons. The van der Waals surface area contributed by atoms with Crippen molar-refractivity contribution in [2.75, 3.05) is 0 Å². The fraction of sp³-hybridized carbons (Fsp3) is 0.250. The maximum absolute atomic E-state index is 4.93. The zero-order chi connectivity index (χ0) is 20.8. The smallest absolute Gasteiger partial charge is 0.0809 e. The summed E-state index contributed by atoms with van der Waals surface area (Å²) in [5.41, 5.74) is 1.81. The minimum absolute atomic E-state index is 0.826. The summed E-state index contributed by atoms with van der Waals surface area (Å²) in [4.78, 5) is 0. The van der Waals surface area contributed by atoms with Gasteiger partial charge in [-0.25, -0.2) is 0 Å². The average Bonchev–Trinajstić information content (AvgIpc) is 3.31. The van der Waals surface area contributed by atoms with E-state index >= 15 is 0 Å². The predicted octanol–water partition coefficient (Wildman–Crippen LogP) is 8.84. The molecule has 0 saturated carbocycles. The van der Waals surface area contributed by atoms with Crippen molar-refractivity contribution in [3.63, 3.8) is 0 Å². The first kappa shape index (κ1) is 25.4. The Kier molecular flexibility index (Phi) is 13.8. The van der Waals surface area contributed by atoms with Crippen molar-refractivity contribution >= 4 is 48.1 Å². The van der Waals surface area contributed by atoms with Gasteiger partial charge in [-0.3, -0.25) is 0 Å². The number of halogens is 2. The van der Waals surface area contributed by atoms with Gasteiger partial charge in [0.15, 0.2) is 0 Å². The van der Waals surface area contributed by atoms with Crippen molar-refractivity contribution < 1.29 is 20.8 Å². The number of rotatable bonds is 2. The summed E-state index contributed by atoms with van der Waals surface area (Å²) in [5.74, 6) is 0. The summed E-state index contributed by atoms with van der Waals surface area (Å²) >= 11 is -0.826. The van der Waals surface area contributed by atoms with E-state index in [2.05, 4.69) is 113 Å². The fourth-order valence-electron chi connectivity index (χ4n) is 2.81. The third-order valence-electron chi connectivity index (χ3n) is 3.76. The zero-order valence-electron chi connectivity index (χ0n) is 17.0. The van der Waals surface area contributed by atoms with Crippen LogP contribution in [-0.2, 0) is 20.8 Å². The topological polar surface area (TPSA) is 0 Å². The molecule has 2 radical (unpaired) electrons. The van der Waals surface area contributed by atoms with Crippen LogP contribution in [0, 0.1) is 0 Å². The van der Waals surface area contributed by atoms with Gasteiger partial charge in [0.1, 0.15) is 0 Å². The SMILES string of the molecule is CC(C)[Si]C(C)C.[Cl][Zr+2][Cl].c1ccc2[cH-]ccc2c1.c1ccc2[cH-]ccc2c1. The van der Waals surface area contributed by atoms with Gasteiger partial charge in [-0.1, -0.05) is 50.9 Å². The number of fused-ring (bicyclic) bond motifs is 2. The molecular weight excluding hydrogens is 478 g/mol. The van der Waals surface area contributed by atoms with E-state index in [1.807, 2.05) is 0 Å². The van der Waals surface area contributed by atoms with E-state index in [1.165, 1.54) is 21.5 Å². The molecule has 0 amide bonds. The van der Waals surface area contributed by atoms with Crippen LogP contribution in [0.4, 0.5) is 0 Å². The second kappa shape index (κ2) is 15.2. The van der Waals surface area contributed by atoms with Crippen LogP contribution in [0.1, 0.15) is 27.7 Å². The summed E-state index contributed by atoms with van der Waals surface area (Å²) in [6.07, 6.45) is 0. The molecule has 0 fully saturated rings. The summed E-state index contributed by atoms with van der Waals surface area (Å²) < 4.78 is 0. The van der Waals surface area contributed by atoms with E-state index in [4.69, 9.17) is 17.0 Å². The quantitative estimate of drug-likeness (QED) is 0.188. The van der Waals surface area contributed by atoms with Gasteiger partial charge in [-0.15, -0.1) is 59.3 Å². The summed E-state index contributed by atoms with van der Waals surface area (Å²) in [6.45, 7) is 9.10. The first-order valence-electron chi connectivity index (χ1n) is 9.41. The summed E-state index contributed by atoms with van der Waals surface area (Å²) in [6, 6.07) is 29.3. The third kappa shape index (κ3) is 10.8. The Bertz CT molecular complexity index is 748. The number of hydrogen-bond acceptors (Lipinski definition) is 0. The molecule has 28 heavy (non-hydrogen) atoms. The Labute approximate surface area is 191 Å². The Balaban J connectivity index is 0.000000199. The molecule has 0 aliphatic heterocycles. The Morgan fingerprint density at radius 2 is 1.04 bits per heavy atom. The van der Waals surface area contributed by atoms with Gasteiger partial charge >= 0.3 is 37.9 Å². The number of benzene rings is 2. The van der Waals surface area contributed by atoms with Gasteiger partial charge in [0.2, 0.25) is 0 Å². The average molecular weight is 507 g/mol. The Hall–Kier alpha value is -0.660. The van der Waals surface area contributed by atoms with Crippen LogP contribution in [0.2, 0.25) is 11.1 Å². The van der Waals surface area contributed by atoms with Crippen LogP contribution in [0.3, 0.4) is 0 Å². The van der Waals surface area contributed by atoms with Crippen molar-refractivity contribution in [1.82, 2.24) is 0 Å². The van der Waals surface area contributed by atoms with E-state index < -0.39 is 20.8 Å². The van der Waals surface area contributed by atoms with Gasteiger partial charge in [0.25, 0.3) is 0 Å². The molecule has 0 N–H and O–H groups in total. The Morgan fingerprint density at radius 1 is 0.679 bits per heavy atom. The van der Waals surface area contributed by atoms with Crippen LogP contribution in [0.5, 0.6) is 0 Å². The third-order valence-corrected chi connectivity index (χ3v) is 5.10. The molecule has 0 saturated heterocycles. The second-order valence-electron chi connectivity index (χ2n) is 6.86. The maximum Gasteiger partial charge on any atom is -0.0809 e. The predicted molar refractivity (Wildman–Crippen MR) is 127 cm³/mol. The van der Waals surface area contributed by atoms with Gasteiger partial charge in [-0.2, -0.15) is 35.0 Å². The first-order chi connectivity index (χ1) is 13.5. The normalized spacial score (nSPS) is 9.71. The van der Waals surface area contributed by atoms with Crippen LogP contribution >= 0.6 is 17.0 Å². The van der Waals surface area contributed by atoms with Gasteiger partial charge in [-0.05, 0) is 0 Å². The van der Waals surface area contributed by atoms with Crippen LogP contribution in [-0.4, -0.2) is 9.52 Å². The maximum atomic E-state index is 4.93. The molecular formula is C24H28Cl2SiZr. The van der Waals surface area contributed by atoms with E-state index in [-0.39, 0.29) is 0 Å². The molecule has 0 aliphatic carbocycles. The summed E-state index contributed by atoms with van der Waals surface area (Å²) in [5, 5.41) is 5.32. The molecule has 0 unspecified atom stereocenters. The standard InChI is InChI=1S/2C9H7.C6H14Si.2ClH.Zr/c2*1-2-5-9-7-3-6-8(9)4-1;1-5(2)7-6(3)4;;;/h2*1-7H;5-6H,1-4H3;2*1H;/q2*-1;;;;+4/p-2. The van der Waals surface area contributed by atoms with Crippen molar-refractivity contribution in [1.29, 1.82) is 0 Å². The minimum Gasteiger partial charge on any atom is -0.168 e. The molecule has 4 rings (SSSR count). The van der Waals surface area contributed by atoms with Gasteiger partial charge in [0.05, 0.1) is 0 Å². The molecule has 0 heterocycles. The van der Waals surface area contributed by atoms with Crippen LogP contribution in [0.25, 0.3) is 21.5 Å². The number of hydrogen-bond donors (Lipinski definition) is 0. The van der Waals surface area contributed by atoms with Crippen molar-refractivity contribution in [2.45, 2.75) is 38.8 Å². The van der Waals surface area contributed by atoms with Crippen LogP contribution < -0.4 is 0 Å². The molecule has 0 spiro atoms. The largest absolute Gasteiger partial charge is 0.168 e. The Morgan fingerprint density at radius 3 is 1.32 bits per heavy atom. The molecule has 0 bridgehead atoms. The van der Waals surface area contributed by atoms with E-state index in [0.29, 0.717) is 0 Å². The molecule has 0 atom stereocenters. The minimum atomic E-state index is -0.826. The molecule has 0 nitrogen and oxygen atoms in total. The monoisotopic (exact) mass is 504 g/mol. The molecule has 0 aromatic heterocycles. The van der Waals surface area contributed by atoms with E-state index in [9.17, 15) is 0 Å². The second-order valence-corrected chi connectivity index (χ2v) is 13.2. The molecule has 4 heteroatoms. The van der Waals surface area contributed by atoms with Crippen molar-refractivity contribution in [3.05, 3.63) is 84.9 Å². The van der Waals surface area contributed by atoms with E-state index in [0.717, 1.165) is 20.6 Å². The van der Waals surface area contributed by atoms with Crippen LogP contribution in [0.15, 0.2) is 84.9 Å². The molecule has 4 aromatic carbocycles. The molecule has 4 aromatic rings. The van der Waals surface area contributed by atoms with Gasteiger partial charge in [0, 0.05) is 9.52 Å². The van der Waals surface area contributed by atoms with Gasteiger partial charge < -0.3 is 0 Å².